The molecule has 1 aliphatic rings. The van der Waals surface area contributed by atoms with Gasteiger partial charge in [0.15, 0.2) is 0 Å². The summed E-state index contributed by atoms with van der Waals surface area (Å²) in [5, 5.41) is 12.2. The highest BCUT2D eigenvalue weighted by atomic mass is 79.9. The number of nitrogens with one attached hydrogen (secondary N) is 1. The molecule has 1 aliphatic heterocycles. The highest BCUT2D eigenvalue weighted by molar-refractivity contribution is 9.10. The SMILES string of the molecule is Cc1cc(N2CCNCC2CCC(=O)O)ccc1Br. The van der Waals surface area contributed by atoms with Gasteiger partial charge in [-0.2, -0.15) is 0 Å². The van der Waals surface area contributed by atoms with Crippen molar-refractivity contribution in [3.8, 4) is 0 Å². The summed E-state index contributed by atoms with van der Waals surface area (Å²) < 4.78 is 1.11. The van der Waals surface area contributed by atoms with Crippen LogP contribution in [0.15, 0.2) is 22.7 Å². The van der Waals surface area contributed by atoms with Gasteiger partial charge in [0.25, 0.3) is 0 Å². The molecule has 0 saturated carbocycles. The summed E-state index contributed by atoms with van der Waals surface area (Å²) in [5.41, 5.74) is 2.38. The lowest BCUT2D eigenvalue weighted by molar-refractivity contribution is -0.137. The molecule has 1 aromatic rings. The van der Waals surface area contributed by atoms with Crippen LogP contribution >= 0.6 is 15.9 Å². The van der Waals surface area contributed by atoms with Gasteiger partial charge in [0.2, 0.25) is 0 Å². The number of nitrogens with zero attached hydrogens (tertiary/aromatic N) is 1. The molecule has 1 saturated heterocycles. The fourth-order valence-electron chi connectivity index (χ4n) is 2.46. The number of hydrogen-bond acceptors (Lipinski definition) is 3. The summed E-state index contributed by atoms with van der Waals surface area (Å²) >= 11 is 3.51. The molecule has 1 aromatic carbocycles. The molecule has 1 unspecified atom stereocenters. The number of piperazine rings is 1. The molecule has 0 aromatic heterocycles. The number of benzene rings is 1. The number of aliphatic carboxylic acids is 1. The van der Waals surface area contributed by atoms with Gasteiger partial charge in [-0.05, 0) is 37.1 Å². The number of aryl methyl sites for hydroxylation is 1. The Kier molecular flexibility index (Phi) is 4.82. The van der Waals surface area contributed by atoms with Crippen molar-refractivity contribution in [3.05, 3.63) is 28.2 Å². The van der Waals surface area contributed by atoms with E-state index in [0.29, 0.717) is 6.42 Å². The van der Waals surface area contributed by atoms with E-state index in [1.807, 2.05) is 0 Å². The summed E-state index contributed by atoms with van der Waals surface area (Å²) in [6.07, 6.45) is 0.899. The maximum Gasteiger partial charge on any atom is 0.303 e. The van der Waals surface area contributed by atoms with Crippen molar-refractivity contribution in [2.75, 3.05) is 24.5 Å². The minimum atomic E-state index is -0.725. The zero-order valence-corrected chi connectivity index (χ0v) is 12.6. The van der Waals surface area contributed by atoms with Gasteiger partial charge in [-0.25, -0.2) is 0 Å². The van der Waals surface area contributed by atoms with Gasteiger partial charge in [-0.3, -0.25) is 4.79 Å². The molecule has 1 fully saturated rings. The van der Waals surface area contributed by atoms with Crippen molar-refractivity contribution in [2.24, 2.45) is 0 Å². The molecular weight excluding hydrogens is 308 g/mol. The zero-order valence-electron chi connectivity index (χ0n) is 11.0. The molecule has 2 N–H and O–H groups in total. The first-order valence-electron chi connectivity index (χ1n) is 6.53. The van der Waals surface area contributed by atoms with Crippen molar-refractivity contribution in [1.29, 1.82) is 0 Å². The van der Waals surface area contributed by atoms with Gasteiger partial charge in [0.05, 0.1) is 0 Å². The molecule has 19 heavy (non-hydrogen) atoms. The summed E-state index contributed by atoms with van der Waals surface area (Å²) in [6.45, 7) is 4.79. The molecule has 1 atom stereocenters. The molecule has 0 aliphatic carbocycles. The number of hydrogen-bond donors (Lipinski definition) is 2. The largest absolute Gasteiger partial charge is 0.481 e. The van der Waals surface area contributed by atoms with E-state index >= 15 is 0 Å². The molecular formula is C14H19BrN2O2. The predicted octanol–water partition coefficient (Wildman–Crippen LogP) is 2.40. The highest BCUT2D eigenvalue weighted by Gasteiger charge is 2.23. The van der Waals surface area contributed by atoms with Crippen LogP contribution in [0.1, 0.15) is 18.4 Å². The Hall–Kier alpha value is -1.07. The summed E-state index contributed by atoms with van der Waals surface area (Å²) in [5.74, 6) is -0.725. The van der Waals surface area contributed by atoms with Crippen LogP contribution in [-0.4, -0.2) is 36.8 Å². The van der Waals surface area contributed by atoms with Gasteiger partial charge in [0, 0.05) is 42.3 Å². The lowest BCUT2D eigenvalue weighted by atomic mass is 10.1. The average molecular weight is 327 g/mol. The Labute approximate surface area is 121 Å². The minimum absolute atomic E-state index is 0.221. The van der Waals surface area contributed by atoms with Crippen molar-refractivity contribution in [1.82, 2.24) is 5.32 Å². The standard InChI is InChI=1S/C14H19BrN2O2/c1-10-8-11(2-4-13(10)15)17-7-6-16-9-12(17)3-5-14(18)19/h2,4,8,12,16H,3,5-7,9H2,1H3,(H,18,19). The Balaban J connectivity index is 2.13. The van der Waals surface area contributed by atoms with Crippen LogP contribution in [0.3, 0.4) is 0 Å². The fraction of sp³-hybridized carbons (Fsp3) is 0.500. The van der Waals surface area contributed by atoms with Crippen LogP contribution in [0.5, 0.6) is 0 Å². The van der Waals surface area contributed by atoms with Crippen molar-refractivity contribution >= 4 is 27.6 Å². The number of carboxylic acid groups (broad SMARTS) is 1. The first-order valence-corrected chi connectivity index (χ1v) is 7.32. The van der Waals surface area contributed by atoms with Crippen LogP contribution in [0.4, 0.5) is 5.69 Å². The van der Waals surface area contributed by atoms with E-state index in [0.717, 1.165) is 24.1 Å². The lowest BCUT2D eigenvalue weighted by Gasteiger charge is -2.38. The number of carboxylic acids is 1. The molecule has 0 radical (unpaired) electrons. The average Bonchev–Trinajstić information content (AvgIpc) is 2.40. The van der Waals surface area contributed by atoms with E-state index in [1.165, 1.54) is 11.3 Å². The van der Waals surface area contributed by atoms with E-state index < -0.39 is 5.97 Å². The van der Waals surface area contributed by atoms with Gasteiger partial charge in [-0.1, -0.05) is 15.9 Å². The summed E-state index contributed by atoms with van der Waals surface area (Å²) in [7, 11) is 0. The zero-order chi connectivity index (χ0) is 13.8. The Morgan fingerprint density at radius 3 is 3.05 bits per heavy atom. The molecule has 0 spiro atoms. The first-order chi connectivity index (χ1) is 9.08. The van der Waals surface area contributed by atoms with Crippen LogP contribution in [-0.2, 0) is 4.79 Å². The number of rotatable bonds is 4. The monoisotopic (exact) mass is 326 g/mol. The second kappa shape index (κ2) is 6.39. The molecule has 1 heterocycles. The third-order valence-corrected chi connectivity index (χ3v) is 4.40. The number of halogens is 1. The highest BCUT2D eigenvalue weighted by Crippen LogP contribution is 2.26. The van der Waals surface area contributed by atoms with Gasteiger partial charge in [-0.15, -0.1) is 0 Å². The van der Waals surface area contributed by atoms with Crippen LogP contribution in [0.2, 0.25) is 0 Å². The van der Waals surface area contributed by atoms with E-state index in [1.54, 1.807) is 0 Å². The first kappa shape index (κ1) is 14.3. The third-order valence-electron chi connectivity index (χ3n) is 3.51. The predicted molar refractivity (Wildman–Crippen MR) is 79.8 cm³/mol. The Morgan fingerprint density at radius 1 is 1.58 bits per heavy atom. The number of anilines is 1. The second-order valence-corrected chi connectivity index (χ2v) is 5.77. The van der Waals surface area contributed by atoms with E-state index in [2.05, 4.69) is 51.3 Å². The van der Waals surface area contributed by atoms with Gasteiger partial charge < -0.3 is 15.3 Å². The smallest absolute Gasteiger partial charge is 0.303 e. The lowest BCUT2D eigenvalue weighted by Crippen LogP contribution is -2.51. The molecule has 2 rings (SSSR count). The Bertz CT molecular complexity index is 465. The second-order valence-electron chi connectivity index (χ2n) is 4.92. The molecule has 0 amide bonds. The van der Waals surface area contributed by atoms with Crippen molar-refractivity contribution in [3.63, 3.8) is 0 Å². The quantitative estimate of drug-likeness (QED) is 0.892. The summed E-state index contributed by atoms with van der Waals surface area (Å²) in [6, 6.07) is 6.56. The van der Waals surface area contributed by atoms with Gasteiger partial charge >= 0.3 is 5.97 Å². The van der Waals surface area contributed by atoms with Gasteiger partial charge in [0.1, 0.15) is 0 Å². The van der Waals surface area contributed by atoms with Crippen molar-refractivity contribution < 1.29 is 9.90 Å². The maximum atomic E-state index is 10.7. The fourth-order valence-corrected chi connectivity index (χ4v) is 2.70. The number of carbonyl (C=O) groups is 1. The molecule has 5 heteroatoms. The van der Waals surface area contributed by atoms with Crippen LogP contribution in [0.25, 0.3) is 0 Å². The minimum Gasteiger partial charge on any atom is -0.481 e. The summed E-state index contributed by atoms with van der Waals surface area (Å²) in [4.78, 5) is 13.1. The maximum absolute atomic E-state index is 10.7. The normalized spacial score (nSPS) is 19.5. The van der Waals surface area contributed by atoms with Crippen molar-refractivity contribution in [2.45, 2.75) is 25.8 Å². The molecule has 4 nitrogen and oxygen atoms in total. The van der Waals surface area contributed by atoms with Crippen LogP contribution < -0.4 is 10.2 Å². The molecule has 104 valence electrons. The van der Waals surface area contributed by atoms with E-state index in [9.17, 15) is 4.79 Å². The third kappa shape index (κ3) is 3.70. The van der Waals surface area contributed by atoms with Crippen LogP contribution in [0, 0.1) is 6.92 Å². The van der Waals surface area contributed by atoms with E-state index in [4.69, 9.17) is 5.11 Å². The Morgan fingerprint density at radius 2 is 2.37 bits per heavy atom. The topological polar surface area (TPSA) is 52.6 Å². The molecule has 0 bridgehead atoms. The van der Waals surface area contributed by atoms with E-state index in [-0.39, 0.29) is 12.5 Å².